The van der Waals surface area contributed by atoms with Gasteiger partial charge in [-0.1, -0.05) is 30.9 Å². The van der Waals surface area contributed by atoms with Gasteiger partial charge in [0.2, 0.25) is 5.91 Å². The largest absolute Gasteiger partial charge is 0.391 e. The van der Waals surface area contributed by atoms with E-state index in [1.54, 1.807) is 6.07 Å². The maximum atomic E-state index is 12.6. The predicted octanol–water partition coefficient (Wildman–Crippen LogP) is 4.37. The Kier molecular flexibility index (Phi) is 5.50. The van der Waals surface area contributed by atoms with Crippen molar-refractivity contribution in [3.05, 3.63) is 29.3 Å². The number of aliphatic hydroxyl groups is 1. The molecule has 0 unspecified atom stereocenters. The smallest absolute Gasteiger partial charge is 0.224 e. The van der Waals surface area contributed by atoms with Crippen LogP contribution in [0.2, 0.25) is 5.02 Å². The highest BCUT2D eigenvalue weighted by molar-refractivity contribution is 6.35. The van der Waals surface area contributed by atoms with Crippen molar-refractivity contribution in [1.82, 2.24) is 4.98 Å². The fourth-order valence-corrected chi connectivity index (χ4v) is 4.48. The van der Waals surface area contributed by atoms with Crippen molar-refractivity contribution in [2.75, 3.05) is 23.3 Å². The van der Waals surface area contributed by atoms with Gasteiger partial charge in [0.05, 0.1) is 22.3 Å². The van der Waals surface area contributed by atoms with Gasteiger partial charge >= 0.3 is 0 Å². The van der Waals surface area contributed by atoms with E-state index in [1.807, 2.05) is 18.2 Å². The second kappa shape index (κ2) is 8.03. The topological polar surface area (TPSA) is 65.5 Å². The number of amides is 1. The van der Waals surface area contributed by atoms with Crippen LogP contribution in [0.25, 0.3) is 10.9 Å². The number of pyridine rings is 1. The lowest BCUT2D eigenvalue weighted by Crippen LogP contribution is -2.22. The monoisotopic (exact) mass is 387 g/mol. The van der Waals surface area contributed by atoms with E-state index in [-0.39, 0.29) is 12.0 Å². The lowest BCUT2D eigenvalue weighted by Gasteiger charge is -2.21. The van der Waals surface area contributed by atoms with Gasteiger partial charge in [-0.2, -0.15) is 0 Å². The maximum Gasteiger partial charge on any atom is 0.224 e. The number of benzene rings is 1. The number of hydrogen-bond acceptors (Lipinski definition) is 4. The van der Waals surface area contributed by atoms with E-state index in [4.69, 9.17) is 16.6 Å². The van der Waals surface area contributed by atoms with Gasteiger partial charge < -0.3 is 15.3 Å². The molecule has 144 valence electrons. The Labute approximate surface area is 164 Å². The van der Waals surface area contributed by atoms with E-state index in [9.17, 15) is 9.90 Å². The average molecular weight is 388 g/mol. The van der Waals surface area contributed by atoms with Crippen LogP contribution in [0, 0.1) is 5.92 Å². The number of nitrogens with zero attached hydrogens (tertiary/aromatic N) is 2. The van der Waals surface area contributed by atoms with E-state index >= 15 is 0 Å². The Hall–Kier alpha value is -1.85. The fraction of sp³-hybridized carbons (Fsp3) is 0.524. The number of aliphatic hydroxyl groups excluding tert-OH is 1. The molecule has 2 heterocycles. The minimum Gasteiger partial charge on any atom is -0.391 e. The third kappa shape index (κ3) is 4.19. The zero-order chi connectivity index (χ0) is 18.8. The number of rotatable bonds is 4. The first kappa shape index (κ1) is 18.5. The first-order chi connectivity index (χ1) is 13.1. The van der Waals surface area contributed by atoms with E-state index in [1.165, 1.54) is 19.3 Å². The third-order valence-electron chi connectivity index (χ3n) is 5.76. The van der Waals surface area contributed by atoms with Gasteiger partial charge in [-0.25, -0.2) is 4.98 Å². The van der Waals surface area contributed by atoms with Crippen molar-refractivity contribution in [2.24, 2.45) is 5.92 Å². The van der Waals surface area contributed by atoms with Gasteiger partial charge in [-0.3, -0.25) is 4.79 Å². The van der Waals surface area contributed by atoms with Crippen molar-refractivity contribution in [3.8, 4) is 0 Å². The quantitative estimate of drug-likeness (QED) is 0.817. The number of β-amino-alcohol motifs (C(OH)–C–C–N with tert-alkyl or cyclic N) is 1. The SMILES string of the molecule is O=C(CC1CCCCC1)Nc1c(Cl)ccc2nc(N3CC[C@H](O)C3)ccc12. The fourth-order valence-electron chi connectivity index (χ4n) is 4.26. The molecule has 1 amide bonds. The van der Waals surface area contributed by atoms with Gasteiger partial charge in [-0.15, -0.1) is 0 Å². The summed E-state index contributed by atoms with van der Waals surface area (Å²) in [6.45, 7) is 1.41. The number of fused-ring (bicyclic) bond motifs is 1. The predicted molar refractivity (Wildman–Crippen MR) is 109 cm³/mol. The molecular formula is C21H26ClN3O2. The summed E-state index contributed by atoms with van der Waals surface area (Å²) in [4.78, 5) is 19.4. The molecule has 0 spiro atoms. The summed E-state index contributed by atoms with van der Waals surface area (Å²) in [6.07, 6.45) is 7.06. The Balaban J connectivity index is 1.54. The molecule has 6 heteroatoms. The molecule has 1 saturated heterocycles. The molecular weight excluding hydrogens is 362 g/mol. The van der Waals surface area contributed by atoms with E-state index in [0.29, 0.717) is 29.6 Å². The zero-order valence-electron chi connectivity index (χ0n) is 15.5. The van der Waals surface area contributed by atoms with Crippen molar-refractivity contribution in [3.63, 3.8) is 0 Å². The van der Waals surface area contributed by atoms with E-state index in [2.05, 4.69) is 10.2 Å². The van der Waals surface area contributed by atoms with Crippen molar-refractivity contribution < 1.29 is 9.90 Å². The van der Waals surface area contributed by atoms with Crippen LogP contribution in [0.3, 0.4) is 0 Å². The van der Waals surface area contributed by atoms with Crippen molar-refractivity contribution in [2.45, 2.75) is 51.0 Å². The molecule has 5 nitrogen and oxygen atoms in total. The summed E-state index contributed by atoms with van der Waals surface area (Å²) in [5.74, 6) is 1.36. The molecule has 0 radical (unpaired) electrons. The molecule has 0 bridgehead atoms. The van der Waals surface area contributed by atoms with Crippen LogP contribution in [0.5, 0.6) is 0 Å². The van der Waals surface area contributed by atoms with Gasteiger partial charge in [0, 0.05) is 24.9 Å². The van der Waals surface area contributed by atoms with Crippen LogP contribution >= 0.6 is 11.6 Å². The van der Waals surface area contributed by atoms with Gasteiger partial charge in [-0.05, 0) is 49.4 Å². The van der Waals surface area contributed by atoms with E-state index in [0.717, 1.165) is 42.5 Å². The van der Waals surface area contributed by atoms with Gasteiger partial charge in [0.15, 0.2) is 0 Å². The average Bonchev–Trinajstić information content (AvgIpc) is 3.11. The standard InChI is InChI=1S/C21H26ClN3O2/c22-17-7-8-18-16(6-9-19(23-18)25-11-10-15(26)13-25)21(17)24-20(27)12-14-4-2-1-3-5-14/h6-9,14-15,26H,1-5,10-13H2,(H,24,27)/t15-/m0/s1. The minimum absolute atomic E-state index is 0.0306. The summed E-state index contributed by atoms with van der Waals surface area (Å²) in [6, 6.07) is 7.57. The summed E-state index contributed by atoms with van der Waals surface area (Å²) in [5.41, 5.74) is 1.45. The second-order valence-corrected chi connectivity index (χ2v) is 8.21. The molecule has 27 heavy (non-hydrogen) atoms. The van der Waals surface area contributed by atoms with Crippen LogP contribution in [0.4, 0.5) is 11.5 Å². The summed E-state index contributed by atoms with van der Waals surface area (Å²) >= 11 is 6.39. The molecule has 1 aliphatic carbocycles. The minimum atomic E-state index is -0.289. The number of carbonyl (C=O) groups is 1. The number of halogens is 1. The lowest BCUT2D eigenvalue weighted by molar-refractivity contribution is -0.117. The summed E-state index contributed by atoms with van der Waals surface area (Å²) < 4.78 is 0. The first-order valence-electron chi connectivity index (χ1n) is 9.92. The summed E-state index contributed by atoms with van der Waals surface area (Å²) in [7, 11) is 0. The molecule has 2 fully saturated rings. The van der Waals surface area contributed by atoms with Crippen LogP contribution in [-0.2, 0) is 4.79 Å². The highest BCUT2D eigenvalue weighted by Gasteiger charge is 2.22. The highest BCUT2D eigenvalue weighted by atomic mass is 35.5. The number of anilines is 2. The van der Waals surface area contributed by atoms with Gasteiger partial charge in [0.1, 0.15) is 5.82 Å². The molecule has 2 aliphatic rings. The van der Waals surface area contributed by atoms with Crippen LogP contribution in [-0.4, -0.2) is 35.2 Å². The maximum absolute atomic E-state index is 12.6. The van der Waals surface area contributed by atoms with Crippen LogP contribution in [0.1, 0.15) is 44.9 Å². The number of carbonyl (C=O) groups excluding carboxylic acids is 1. The highest BCUT2D eigenvalue weighted by Crippen LogP contribution is 2.33. The molecule has 4 rings (SSSR count). The Morgan fingerprint density at radius 1 is 1.19 bits per heavy atom. The molecule has 2 N–H and O–H groups in total. The molecule has 2 aromatic rings. The molecule has 1 saturated carbocycles. The molecule has 1 atom stereocenters. The van der Waals surface area contributed by atoms with Crippen LogP contribution in [0.15, 0.2) is 24.3 Å². The van der Waals surface area contributed by atoms with Crippen LogP contribution < -0.4 is 10.2 Å². The van der Waals surface area contributed by atoms with Crippen molar-refractivity contribution in [1.29, 1.82) is 0 Å². The van der Waals surface area contributed by atoms with Gasteiger partial charge in [0.25, 0.3) is 0 Å². The third-order valence-corrected chi connectivity index (χ3v) is 6.07. The Morgan fingerprint density at radius 3 is 2.74 bits per heavy atom. The molecule has 1 aromatic heterocycles. The zero-order valence-corrected chi connectivity index (χ0v) is 16.2. The van der Waals surface area contributed by atoms with Crippen molar-refractivity contribution >= 4 is 39.9 Å². The number of hydrogen-bond donors (Lipinski definition) is 2. The number of aromatic nitrogens is 1. The van der Waals surface area contributed by atoms with E-state index < -0.39 is 0 Å². The first-order valence-corrected chi connectivity index (χ1v) is 10.3. The number of nitrogens with one attached hydrogen (secondary N) is 1. The Bertz CT molecular complexity index is 836. The lowest BCUT2D eigenvalue weighted by atomic mass is 9.87. The molecule has 1 aromatic carbocycles. The second-order valence-electron chi connectivity index (χ2n) is 7.80. The Morgan fingerprint density at radius 2 is 2.00 bits per heavy atom. The molecule has 1 aliphatic heterocycles. The normalized spacial score (nSPS) is 21.0. The summed E-state index contributed by atoms with van der Waals surface area (Å²) in [5, 5.41) is 14.2.